The first-order valence-electron chi connectivity index (χ1n) is 9.17. The number of ether oxygens (including phenoxy) is 1. The maximum Gasteiger partial charge on any atom is 0.410 e. The van der Waals surface area contributed by atoms with Gasteiger partial charge in [-0.3, -0.25) is 9.69 Å². The number of rotatable bonds is 2. The molecule has 6 heteroatoms. The fourth-order valence-electron chi connectivity index (χ4n) is 3.43. The molecule has 1 aromatic carbocycles. The van der Waals surface area contributed by atoms with Crippen LogP contribution in [0.15, 0.2) is 18.2 Å². The summed E-state index contributed by atoms with van der Waals surface area (Å²) in [5, 5.41) is 0. The molecule has 2 aliphatic heterocycles. The summed E-state index contributed by atoms with van der Waals surface area (Å²) in [6, 6.07) is 6.09. The van der Waals surface area contributed by atoms with E-state index in [1.807, 2.05) is 37.8 Å². The Morgan fingerprint density at radius 2 is 2.00 bits per heavy atom. The molecule has 2 aliphatic rings. The molecule has 1 saturated heterocycles. The molecule has 1 aromatic rings. The lowest BCUT2D eigenvalue weighted by molar-refractivity contribution is -0.351. The van der Waals surface area contributed by atoms with E-state index in [9.17, 15) is 9.59 Å². The summed E-state index contributed by atoms with van der Waals surface area (Å²) >= 11 is 0. The van der Waals surface area contributed by atoms with Crippen molar-refractivity contribution in [2.24, 2.45) is 5.92 Å². The Kier molecular flexibility index (Phi) is 5.03. The van der Waals surface area contributed by atoms with Gasteiger partial charge in [-0.05, 0) is 32.8 Å². The Morgan fingerprint density at radius 3 is 2.65 bits per heavy atom. The first-order valence-corrected chi connectivity index (χ1v) is 9.17. The average Bonchev–Trinajstić information content (AvgIpc) is 3.18. The molecule has 1 fully saturated rings. The van der Waals surface area contributed by atoms with Crippen LogP contribution in [0.2, 0.25) is 0 Å². The quantitative estimate of drug-likeness (QED) is 0.817. The predicted octanol–water partition coefficient (Wildman–Crippen LogP) is 1.59. The van der Waals surface area contributed by atoms with E-state index in [0.717, 1.165) is 36.3 Å². The van der Waals surface area contributed by atoms with Crippen molar-refractivity contribution in [2.75, 3.05) is 13.1 Å². The van der Waals surface area contributed by atoms with Gasteiger partial charge >= 0.3 is 6.09 Å². The molecule has 3 rings (SSSR count). The molecule has 0 aromatic heterocycles. The molecule has 1 N–H and O–H groups in total. The van der Waals surface area contributed by atoms with E-state index in [0.29, 0.717) is 19.0 Å². The van der Waals surface area contributed by atoms with Crippen molar-refractivity contribution in [3.8, 4) is 0 Å². The summed E-state index contributed by atoms with van der Waals surface area (Å²) < 4.78 is 5.49. The van der Waals surface area contributed by atoms with Gasteiger partial charge in [-0.1, -0.05) is 12.1 Å². The Labute approximate surface area is 154 Å². The maximum absolute atomic E-state index is 12.3. The topological polar surface area (TPSA) is 63.8 Å². The number of carbonyl (C=O) groups is 2. The van der Waals surface area contributed by atoms with Gasteiger partial charge in [0, 0.05) is 38.2 Å². The van der Waals surface area contributed by atoms with E-state index in [1.54, 1.807) is 11.8 Å². The number of nitrogens with zero attached hydrogens (tertiary/aromatic N) is 2. The van der Waals surface area contributed by atoms with E-state index < -0.39 is 5.60 Å². The van der Waals surface area contributed by atoms with E-state index in [1.165, 1.54) is 0 Å². The number of fused-ring (bicyclic) bond motifs is 1. The number of hydrogen-bond acceptors (Lipinski definition) is 3. The number of benzene rings is 1. The van der Waals surface area contributed by atoms with Gasteiger partial charge in [0.1, 0.15) is 11.8 Å². The molecule has 1 atom stereocenters. The van der Waals surface area contributed by atoms with Crippen LogP contribution >= 0.6 is 0 Å². The van der Waals surface area contributed by atoms with Crippen molar-refractivity contribution < 1.29 is 19.3 Å². The Bertz CT molecular complexity index is 736. The van der Waals surface area contributed by atoms with Gasteiger partial charge < -0.3 is 9.64 Å². The smallest absolute Gasteiger partial charge is 0.410 e. The fourth-order valence-corrected chi connectivity index (χ4v) is 3.43. The third kappa shape index (κ3) is 4.23. The van der Waals surface area contributed by atoms with Gasteiger partial charge in [0.25, 0.3) is 0 Å². The molecule has 6 nitrogen and oxygen atoms in total. The lowest BCUT2D eigenvalue weighted by Crippen LogP contribution is -2.63. The van der Waals surface area contributed by atoms with E-state index in [4.69, 9.17) is 4.74 Å². The van der Waals surface area contributed by atoms with Crippen LogP contribution < -0.4 is 4.99 Å². The second-order valence-corrected chi connectivity index (χ2v) is 8.10. The maximum atomic E-state index is 12.3. The van der Waals surface area contributed by atoms with Crippen LogP contribution in [0, 0.1) is 5.92 Å². The molecule has 0 aliphatic carbocycles. The van der Waals surface area contributed by atoms with Crippen LogP contribution in [0.4, 0.5) is 10.5 Å². The first-order chi connectivity index (χ1) is 12.2. The average molecular weight is 358 g/mol. The molecule has 140 valence electrons. The molecule has 0 bridgehead atoms. The Morgan fingerprint density at radius 1 is 1.23 bits per heavy atom. The zero-order valence-electron chi connectivity index (χ0n) is 16.0. The third-order valence-corrected chi connectivity index (χ3v) is 4.78. The molecule has 0 saturated carbocycles. The lowest BCUT2D eigenvalue weighted by atomic mass is 10.1. The summed E-state index contributed by atoms with van der Waals surface area (Å²) in [6.45, 7) is 9.95. The van der Waals surface area contributed by atoms with Crippen molar-refractivity contribution in [3.05, 3.63) is 29.3 Å². The van der Waals surface area contributed by atoms with Crippen molar-refractivity contribution in [1.82, 2.24) is 9.80 Å². The Balaban J connectivity index is 1.68. The van der Waals surface area contributed by atoms with Crippen molar-refractivity contribution >= 4 is 23.9 Å². The van der Waals surface area contributed by atoms with Crippen LogP contribution in [0.25, 0.3) is 0 Å². The summed E-state index contributed by atoms with van der Waals surface area (Å²) in [5.41, 5.74) is 2.81. The SMILES string of the molecule is CC(=O)N1CCC(C=[NH+]c2cccc3c2CN(C(=O)OC(C)(C)C)C3)C1. The highest BCUT2D eigenvalue weighted by Gasteiger charge is 2.31. The zero-order valence-corrected chi connectivity index (χ0v) is 16.0. The van der Waals surface area contributed by atoms with Gasteiger partial charge in [0.15, 0.2) is 0 Å². The highest BCUT2D eigenvalue weighted by molar-refractivity contribution is 5.74. The van der Waals surface area contributed by atoms with E-state index >= 15 is 0 Å². The summed E-state index contributed by atoms with van der Waals surface area (Å²) in [5.74, 6) is 0.479. The zero-order chi connectivity index (χ0) is 18.9. The van der Waals surface area contributed by atoms with Crippen LogP contribution in [-0.2, 0) is 22.6 Å². The highest BCUT2D eigenvalue weighted by Crippen LogP contribution is 2.28. The first kappa shape index (κ1) is 18.4. The van der Waals surface area contributed by atoms with Crippen molar-refractivity contribution in [2.45, 2.75) is 52.8 Å². The monoisotopic (exact) mass is 358 g/mol. The number of hydrogen-bond donors (Lipinski definition) is 1. The highest BCUT2D eigenvalue weighted by atomic mass is 16.6. The van der Waals surface area contributed by atoms with Crippen LogP contribution in [0.5, 0.6) is 0 Å². The lowest BCUT2D eigenvalue weighted by Gasteiger charge is -2.24. The second kappa shape index (κ2) is 7.09. The number of amides is 2. The van der Waals surface area contributed by atoms with Crippen molar-refractivity contribution in [3.63, 3.8) is 0 Å². The van der Waals surface area contributed by atoms with Crippen LogP contribution in [0.3, 0.4) is 0 Å². The van der Waals surface area contributed by atoms with Crippen LogP contribution in [-0.4, -0.2) is 46.7 Å². The molecule has 2 heterocycles. The minimum Gasteiger partial charge on any atom is -0.444 e. The predicted molar refractivity (Wildman–Crippen MR) is 99.0 cm³/mol. The fraction of sp³-hybridized carbons (Fsp3) is 0.550. The normalized spacial score (nSPS) is 19.9. The van der Waals surface area contributed by atoms with E-state index in [-0.39, 0.29) is 12.0 Å². The summed E-state index contributed by atoms with van der Waals surface area (Å²) in [7, 11) is 0. The number of nitrogens with one attached hydrogen (secondary N) is 1. The molecular formula is C20H28N3O3+. The van der Waals surface area contributed by atoms with Gasteiger partial charge in [0.2, 0.25) is 11.6 Å². The number of carbonyl (C=O) groups excluding carboxylic acids is 2. The molecule has 2 amide bonds. The minimum atomic E-state index is -0.494. The van der Waals surface area contributed by atoms with Gasteiger partial charge in [-0.15, -0.1) is 0 Å². The second-order valence-electron chi connectivity index (χ2n) is 8.10. The Hall–Kier alpha value is -2.37. The van der Waals surface area contributed by atoms with Gasteiger partial charge in [-0.25, -0.2) is 9.79 Å². The molecule has 0 radical (unpaired) electrons. The minimum absolute atomic E-state index is 0.134. The van der Waals surface area contributed by atoms with Gasteiger partial charge in [0.05, 0.1) is 12.5 Å². The van der Waals surface area contributed by atoms with Crippen LogP contribution in [0.1, 0.15) is 45.2 Å². The molecular weight excluding hydrogens is 330 g/mol. The molecule has 0 spiro atoms. The molecule has 26 heavy (non-hydrogen) atoms. The van der Waals surface area contributed by atoms with Crippen molar-refractivity contribution in [1.29, 1.82) is 0 Å². The standard InChI is InChI=1S/C20H27N3O3/c1-14(24)22-9-8-15(11-22)10-21-18-7-5-6-16-12-23(13-17(16)18)19(25)26-20(2,3)4/h5-7,10,15H,8-9,11-13H2,1-4H3/p+1. The molecule has 1 unspecified atom stereocenters. The third-order valence-electron chi connectivity index (χ3n) is 4.78. The number of likely N-dealkylation sites (tertiary alicyclic amines) is 1. The summed E-state index contributed by atoms with van der Waals surface area (Å²) in [6.07, 6.45) is 2.77. The van der Waals surface area contributed by atoms with Gasteiger partial charge in [-0.2, -0.15) is 0 Å². The summed E-state index contributed by atoms with van der Waals surface area (Å²) in [4.78, 5) is 30.8. The largest absolute Gasteiger partial charge is 0.444 e. The van der Waals surface area contributed by atoms with E-state index in [2.05, 4.69) is 17.3 Å².